The Labute approximate surface area is 208 Å². The second kappa shape index (κ2) is 10.5. The van der Waals surface area contributed by atoms with Crippen molar-refractivity contribution in [2.24, 2.45) is 0 Å². The van der Waals surface area contributed by atoms with E-state index >= 15 is 0 Å². The number of benzene rings is 3. The van der Waals surface area contributed by atoms with Gasteiger partial charge in [0.05, 0.1) is 29.5 Å². The van der Waals surface area contributed by atoms with Gasteiger partial charge in [-0.25, -0.2) is 8.42 Å². The van der Waals surface area contributed by atoms with Crippen LogP contribution in [0.15, 0.2) is 71.6 Å². The summed E-state index contributed by atoms with van der Waals surface area (Å²) in [6.45, 7) is 3.69. The highest BCUT2D eigenvalue weighted by atomic mass is 35.5. The Kier molecular flexibility index (Phi) is 7.39. The summed E-state index contributed by atoms with van der Waals surface area (Å²) < 4.78 is 33.8. The monoisotopic (exact) mass is 513 g/mol. The molecule has 8 nitrogen and oxygen atoms in total. The van der Waals surface area contributed by atoms with Crippen molar-refractivity contribution in [3.05, 3.63) is 88.4 Å². The summed E-state index contributed by atoms with van der Waals surface area (Å²) >= 11 is 6.18. The summed E-state index contributed by atoms with van der Waals surface area (Å²) in [6, 6.07) is 17.6. The third-order valence-corrected chi connectivity index (χ3v) is 7.32. The van der Waals surface area contributed by atoms with E-state index in [1.807, 2.05) is 13.0 Å². The first kappa shape index (κ1) is 24.7. The van der Waals surface area contributed by atoms with E-state index in [-0.39, 0.29) is 21.4 Å². The Morgan fingerprint density at radius 3 is 2.46 bits per heavy atom. The minimum Gasteiger partial charge on any atom is -0.378 e. The number of ether oxygens (including phenoxy) is 1. The molecule has 182 valence electrons. The lowest BCUT2D eigenvalue weighted by atomic mass is 10.1. The topological polar surface area (TPSA) is 105 Å². The molecular weight excluding hydrogens is 490 g/mol. The second-order valence-corrected chi connectivity index (χ2v) is 10.1. The molecule has 2 N–H and O–H groups in total. The Morgan fingerprint density at radius 1 is 0.971 bits per heavy atom. The number of amides is 2. The predicted molar refractivity (Wildman–Crippen MR) is 135 cm³/mol. The number of rotatable bonds is 6. The van der Waals surface area contributed by atoms with Crippen LogP contribution >= 0.6 is 11.6 Å². The number of morpholine rings is 1. The van der Waals surface area contributed by atoms with Crippen LogP contribution in [0, 0.1) is 6.92 Å². The summed E-state index contributed by atoms with van der Waals surface area (Å²) in [4.78, 5) is 27.5. The first-order valence-electron chi connectivity index (χ1n) is 10.9. The van der Waals surface area contributed by atoms with Gasteiger partial charge in [0.25, 0.3) is 21.8 Å². The Bertz CT molecular complexity index is 1370. The van der Waals surface area contributed by atoms with E-state index in [0.717, 1.165) is 5.56 Å². The minimum absolute atomic E-state index is 0.0235. The molecule has 0 aliphatic carbocycles. The predicted octanol–water partition coefficient (Wildman–Crippen LogP) is 4.17. The average Bonchev–Trinajstić information content (AvgIpc) is 2.84. The van der Waals surface area contributed by atoms with Gasteiger partial charge in [-0.15, -0.1) is 0 Å². The molecule has 0 saturated carbocycles. The van der Waals surface area contributed by atoms with Gasteiger partial charge in [0.1, 0.15) is 4.90 Å². The second-order valence-electron chi connectivity index (χ2n) is 8.02. The molecule has 1 aliphatic heterocycles. The summed E-state index contributed by atoms with van der Waals surface area (Å²) in [5.74, 6) is -0.790. The fraction of sp³-hybridized carbons (Fsp3) is 0.200. The fourth-order valence-electron chi connectivity index (χ4n) is 3.68. The smallest absolute Gasteiger partial charge is 0.263 e. The van der Waals surface area contributed by atoms with Gasteiger partial charge in [0, 0.05) is 24.3 Å². The fourth-order valence-corrected chi connectivity index (χ4v) is 5.26. The normalized spacial score (nSPS) is 13.8. The van der Waals surface area contributed by atoms with Gasteiger partial charge < -0.3 is 15.0 Å². The highest BCUT2D eigenvalue weighted by Gasteiger charge is 2.23. The van der Waals surface area contributed by atoms with Gasteiger partial charge in [-0.3, -0.25) is 14.3 Å². The maximum Gasteiger partial charge on any atom is 0.263 e. The number of hydrogen-bond donors (Lipinski definition) is 2. The third-order valence-electron chi connectivity index (χ3n) is 5.46. The van der Waals surface area contributed by atoms with Gasteiger partial charge in [-0.05, 0) is 55.0 Å². The molecule has 35 heavy (non-hydrogen) atoms. The van der Waals surface area contributed by atoms with Gasteiger partial charge in [-0.1, -0.05) is 35.9 Å². The summed E-state index contributed by atoms with van der Waals surface area (Å²) in [5, 5.41) is 2.70. The molecule has 0 unspecified atom stereocenters. The SMILES string of the molecule is Cc1cccc(NS(=O)(=O)c2cc(C(=O)Nc3ccccc3C(=O)N3CCOCC3)ccc2Cl)c1. The summed E-state index contributed by atoms with van der Waals surface area (Å²) in [6.07, 6.45) is 0. The number of nitrogens with zero attached hydrogens (tertiary/aromatic N) is 1. The molecule has 1 saturated heterocycles. The van der Waals surface area contributed by atoms with E-state index in [2.05, 4.69) is 10.0 Å². The Hall–Kier alpha value is -3.40. The molecule has 10 heteroatoms. The van der Waals surface area contributed by atoms with E-state index in [9.17, 15) is 18.0 Å². The molecule has 1 aliphatic rings. The van der Waals surface area contributed by atoms with Crippen LogP contribution in [0.4, 0.5) is 11.4 Å². The highest BCUT2D eigenvalue weighted by molar-refractivity contribution is 7.92. The van der Waals surface area contributed by atoms with Crippen LogP contribution < -0.4 is 10.0 Å². The van der Waals surface area contributed by atoms with Crippen molar-refractivity contribution in [1.29, 1.82) is 0 Å². The number of halogens is 1. The van der Waals surface area contributed by atoms with Crippen LogP contribution in [-0.4, -0.2) is 51.4 Å². The van der Waals surface area contributed by atoms with Crippen molar-refractivity contribution >= 4 is 44.8 Å². The third kappa shape index (κ3) is 5.82. The maximum atomic E-state index is 13.0. The summed E-state index contributed by atoms with van der Waals surface area (Å²) in [7, 11) is -4.06. The van der Waals surface area contributed by atoms with Crippen LogP contribution in [0.3, 0.4) is 0 Å². The molecule has 1 heterocycles. The van der Waals surface area contributed by atoms with Gasteiger partial charge in [-0.2, -0.15) is 0 Å². The lowest BCUT2D eigenvalue weighted by Gasteiger charge is -2.27. The molecule has 0 aromatic heterocycles. The number of carbonyl (C=O) groups is 2. The zero-order valence-corrected chi connectivity index (χ0v) is 20.5. The van der Waals surface area contributed by atoms with E-state index in [0.29, 0.717) is 43.2 Å². The number of hydrogen-bond acceptors (Lipinski definition) is 5. The Morgan fingerprint density at radius 2 is 1.71 bits per heavy atom. The molecule has 2 amide bonds. The molecular formula is C25H24ClN3O5S. The molecule has 3 aromatic rings. The number of nitrogens with one attached hydrogen (secondary N) is 2. The van der Waals surface area contributed by atoms with Crippen LogP contribution in [-0.2, 0) is 14.8 Å². The average molecular weight is 514 g/mol. The minimum atomic E-state index is -4.06. The van der Waals surface area contributed by atoms with E-state index < -0.39 is 15.9 Å². The van der Waals surface area contributed by atoms with Crippen LogP contribution in [0.5, 0.6) is 0 Å². The first-order chi connectivity index (χ1) is 16.7. The number of para-hydroxylation sites is 1. The molecule has 4 rings (SSSR count). The number of aryl methyl sites for hydroxylation is 1. The first-order valence-corrected chi connectivity index (χ1v) is 12.8. The number of anilines is 2. The van der Waals surface area contributed by atoms with Crippen LogP contribution in [0.1, 0.15) is 26.3 Å². The van der Waals surface area contributed by atoms with Gasteiger partial charge in [0.15, 0.2) is 0 Å². The Balaban J connectivity index is 1.58. The van der Waals surface area contributed by atoms with Crippen molar-refractivity contribution in [3.8, 4) is 0 Å². The van der Waals surface area contributed by atoms with Gasteiger partial charge >= 0.3 is 0 Å². The lowest BCUT2D eigenvalue weighted by Crippen LogP contribution is -2.41. The van der Waals surface area contributed by atoms with E-state index in [1.54, 1.807) is 47.4 Å². The molecule has 0 atom stereocenters. The van der Waals surface area contributed by atoms with E-state index in [1.165, 1.54) is 18.2 Å². The quantitative estimate of drug-likeness (QED) is 0.514. The molecule has 0 bridgehead atoms. The molecule has 1 fully saturated rings. The van der Waals surface area contributed by atoms with Crippen molar-refractivity contribution in [3.63, 3.8) is 0 Å². The molecule has 0 radical (unpaired) electrons. The maximum absolute atomic E-state index is 13.0. The molecule has 0 spiro atoms. The van der Waals surface area contributed by atoms with Crippen molar-refractivity contribution in [2.75, 3.05) is 36.3 Å². The van der Waals surface area contributed by atoms with Crippen LogP contribution in [0.25, 0.3) is 0 Å². The van der Waals surface area contributed by atoms with Crippen molar-refractivity contribution in [2.45, 2.75) is 11.8 Å². The number of sulfonamides is 1. The molecule has 3 aromatic carbocycles. The van der Waals surface area contributed by atoms with Crippen molar-refractivity contribution < 1.29 is 22.7 Å². The van der Waals surface area contributed by atoms with Gasteiger partial charge in [0.2, 0.25) is 0 Å². The van der Waals surface area contributed by atoms with Crippen molar-refractivity contribution in [1.82, 2.24) is 4.90 Å². The largest absolute Gasteiger partial charge is 0.378 e. The standard InChI is InChI=1S/C25H24ClN3O5S/c1-17-5-4-6-19(15-17)28-35(32,33)23-16-18(9-10-21(23)26)24(30)27-22-8-3-2-7-20(22)25(31)29-11-13-34-14-12-29/h2-10,15-16,28H,11-14H2,1H3,(H,27,30). The summed E-state index contributed by atoms with van der Waals surface area (Å²) in [5.41, 5.74) is 2.01. The zero-order chi connectivity index (χ0) is 25.0. The highest BCUT2D eigenvalue weighted by Crippen LogP contribution is 2.26. The lowest BCUT2D eigenvalue weighted by molar-refractivity contribution is 0.0303. The van der Waals surface area contributed by atoms with E-state index in [4.69, 9.17) is 16.3 Å². The number of carbonyl (C=O) groups excluding carboxylic acids is 2. The zero-order valence-electron chi connectivity index (χ0n) is 19.0. The van der Waals surface area contributed by atoms with Crippen LogP contribution in [0.2, 0.25) is 5.02 Å².